The Morgan fingerprint density at radius 3 is 2.64 bits per heavy atom. The molecule has 0 aliphatic rings. The zero-order chi connectivity index (χ0) is 20.1. The normalized spacial score (nSPS) is 10.5. The summed E-state index contributed by atoms with van der Waals surface area (Å²) in [5, 5.41) is 16.5. The van der Waals surface area contributed by atoms with E-state index in [-0.39, 0.29) is 24.5 Å². The Labute approximate surface area is 162 Å². The van der Waals surface area contributed by atoms with Gasteiger partial charge in [-0.05, 0) is 42.8 Å². The van der Waals surface area contributed by atoms with E-state index in [4.69, 9.17) is 14.0 Å². The van der Waals surface area contributed by atoms with Crippen molar-refractivity contribution in [1.29, 1.82) is 0 Å². The molecule has 2 aromatic carbocycles. The second-order valence-electron chi connectivity index (χ2n) is 6.15. The zero-order valence-corrected chi connectivity index (χ0v) is 15.9. The molecule has 0 fully saturated rings. The lowest BCUT2D eigenvalue weighted by atomic mass is 10.2. The van der Waals surface area contributed by atoms with Crippen LogP contribution in [-0.2, 0) is 11.2 Å². The van der Waals surface area contributed by atoms with Gasteiger partial charge in [-0.15, -0.1) is 0 Å². The molecule has 1 aromatic heterocycles. The summed E-state index contributed by atoms with van der Waals surface area (Å²) in [6.45, 7) is 1.86. The highest BCUT2D eigenvalue weighted by atomic mass is 16.5. The standard InChI is InChI=1S/C20H21N3O5/c1-12-4-6-14(15(24)10-12)21-18(25)8-9-19-22-20(23-28-19)13-5-7-16(26-2)17(11-13)27-3/h4-7,10-11,24H,8-9H2,1-3H3,(H,21,25). The average molecular weight is 383 g/mol. The minimum absolute atomic E-state index is 0.0295. The molecule has 0 atom stereocenters. The monoisotopic (exact) mass is 383 g/mol. The van der Waals surface area contributed by atoms with Gasteiger partial charge in [-0.2, -0.15) is 4.98 Å². The Morgan fingerprint density at radius 1 is 1.14 bits per heavy atom. The number of aryl methyl sites for hydroxylation is 2. The van der Waals surface area contributed by atoms with E-state index in [2.05, 4.69) is 15.5 Å². The maximum atomic E-state index is 12.1. The molecule has 0 bridgehead atoms. The van der Waals surface area contributed by atoms with E-state index in [0.717, 1.165) is 5.56 Å². The highest BCUT2D eigenvalue weighted by Gasteiger charge is 2.14. The first kappa shape index (κ1) is 19.2. The lowest BCUT2D eigenvalue weighted by molar-refractivity contribution is -0.116. The predicted octanol–water partition coefficient (Wildman–Crippen LogP) is 3.34. The van der Waals surface area contributed by atoms with E-state index in [1.54, 1.807) is 44.6 Å². The highest BCUT2D eigenvalue weighted by molar-refractivity contribution is 5.92. The molecular weight excluding hydrogens is 362 g/mol. The molecular formula is C20H21N3O5. The average Bonchev–Trinajstić information content (AvgIpc) is 3.17. The van der Waals surface area contributed by atoms with Gasteiger partial charge in [0, 0.05) is 18.4 Å². The maximum absolute atomic E-state index is 12.1. The highest BCUT2D eigenvalue weighted by Crippen LogP contribution is 2.31. The number of anilines is 1. The summed E-state index contributed by atoms with van der Waals surface area (Å²) in [7, 11) is 3.11. The Morgan fingerprint density at radius 2 is 1.93 bits per heavy atom. The number of carbonyl (C=O) groups excluding carboxylic acids is 1. The third kappa shape index (κ3) is 4.40. The Kier molecular flexibility index (Phi) is 5.78. The van der Waals surface area contributed by atoms with Crippen molar-refractivity contribution >= 4 is 11.6 Å². The Hall–Kier alpha value is -3.55. The molecule has 0 aliphatic carbocycles. The first-order chi connectivity index (χ1) is 13.5. The molecule has 0 saturated heterocycles. The van der Waals surface area contributed by atoms with Crippen LogP contribution in [0.25, 0.3) is 11.4 Å². The number of methoxy groups -OCH3 is 2. The van der Waals surface area contributed by atoms with Gasteiger partial charge in [0.1, 0.15) is 5.75 Å². The number of ether oxygens (including phenoxy) is 2. The molecule has 3 rings (SSSR count). The van der Waals surface area contributed by atoms with Gasteiger partial charge in [-0.1, -0.05) is 11.2 Å². The van der Waals surface area contributed by atoms with Crippen LogP contribution in [-0.4, -0.2) is 35.4 Å². The van der Waals surface area contributed by atoms with Crippen molar-refractivity contribution in [3.05, 3.63) is 47.9 Å². The summed E-state index contributed by atoms with van der Waals surface area (Å²) in [4.78, 5) is 16.4. The SMILES string of the molecule is COc1ccc(-c2noc(CCC(=O)Nc3ccc(C)cc3O)n2)cc1OC. The molecule has 3 aromatic rings. The number of aromatic nitrogens is 2. The van der Waals surface area contributed by atoms with Crippen molar-refractivity contribution in [2.24, 2.45) is 0 Å². The van der Waals surface area contributed by atoms with Crippen LogP contribution in [0.4, 0.5) is 5.69 Å². The zero-order valence-electron chi connectivity index (χ0n) is 15.9. The lowest BCUT2D eigenvalue weighted by Crippen LogP contribution is -2.12. The van der Waals surface area contributed by atoms with Crippen LogP contribution in [0.5, 0.6) is 17.2 Å². The molecule has 0 saturated carbocycles. The molecule has 0 aliphatic heterocycles. The number of hydrogen-bond donors (Lipinski definition) is 2. The van der Waals surface area contributed by atoms with Crippen LogP contribution in [0.2, 0.25) is 0 Å². The first-order valence-electron chi connectivity index (χ1n) is 8.64. The van der Waals surface area contributed by atoms with E-state index in [1.807, 2.05) is 13.0 Å². The Balaban J connectivity index is 1.62. The number of phenolic OH excluding ortho intramolecular Hbond substituents is 1. The second-order valence-corrected chi connectivity index (χ2v) is 6.15. The van der Waals surface area contributed by atoms with Crippen LogP contribution < -0.4 is 14.8 Å². The van der Waals surface area contributed by atoms with Crippen LogP contribution in [0.15, 0.2) is 40.9 Å². The van der Waals surface area contributed by atoms with Gasteiger partial charge in [0.15, 0.2) is 11.5 Å². The minimum Gasteiger partial charge on any atom is -0.506 e. The van der Waals surface area contributed by atoms with E-state index < -0.39 is 0 Å². The van der Waals surface area contributed by atoms with Crippen molar-refractivity contribution in [1.82, 2.24) is 10.1 Å². The molecule has 1 heterocycles. The minimum atomic E-state index is -0.259. The van der Waals surface area contributed by atoms with Gasteiger partial charge in [0.25, 0.3) is 0 Å². The number of carbonyl (C=O) groups is 1. The molecule has 0 radical (unpaired) electrons. The van der Waals surface area contributed by atoms with Crippen molar-refractivity contribution in [2.75, 3.05) is 19.5 Å². The summed E-state index contributed by atoms with van der Waals surface area (Å²) >= 11 is 0. The van der Waals surface area contributed by atoms with E-state index in [1.165, 1.54) is 0 Å². The quantitative estimate of drug-likeness (QED) is 0.603. The maximum Gasteiger partial charge on any atom is 0.227 e. The summed E-state index contributed by atoms with van der Waals surface area (Å²) in [5.74, 6) is 1.67. The van der Waals surface area contributed by atoms with E-state index >= 15 is 0 Å². The predicted molar refractivity (Wildman–Crippen MR) is 103 cm³/mol. The first-order valence-corrected chi connectivity index (χ1v) is 8.64. The van der Waals surface area contributed by atoms with Crippen molar-refractivity contribution < 1.29 is 23.9 Å². The van der Waals surface area contributed by atoms with Gasteiger partial charge in [-0.25, -0.2) is 0 Å². The molecule has 146 valence electrons. The number of nitrogens with zero attached hydrogens (tertiary/aromatic N) is 2. The second kappa shape index (κ2) is 8.43. The number of nitrogens with one attached hydrogen (secondary N) is 1. The Bertz CT molecular complexity index is 984. The fourth-order valence-electron chi connectivity index (χ4n) is 2.63. The fraction of sp³-hybridized carbons (Fsp3) is 0.250. The molecule has 8 heteroatoms. The summed E-state index contributed by atoms with van der Waals surface area (Å²) in [6.07, 6.45) is 0.416. The number of phenols is 1. The van der Waals surface area contributed by atoms with E-state index in [9.17, 15) is 9.90 Å². The van der Waals surface area contributed by atoms with Crippen molar-refractivity contribution in [3.8, 4) is 28.6 Å². The van der Waals surface area contributed by atoms with Crippen LogP contribution >= 0.6 is 0 Å². The topological polar surface area (TPSA) is 107 Å². The smallest absolute Gasteiger partial charge is 0.227 e. The van der Waals surface area contributed by atoms with Crippen LogP contribution in [0, 0.1) is 6.92 Å². The van der Waals surface area contributed by atoms with E-state index in [0.29, 0.717) is 34.5 Å². The number of amides is 1. The summed E-state index contributed by atoms with van der Waals surface area (Å²) in [5.41, 5.74) is 1.98. The number of benzene rings is 2. The molecule has 0 spiro atoms. The van der Waals surface area contributed by atoms with Gasteiger partial charge in [0.05, 0.1) is 19.9 Å². The van der Waals surface area contributed by atoms with Crippen LogP contribution in [0.3, 0.4) is 0 Å². The van der Waals surface area contributed by atoms with Crippen molar-refractivity contribution in [2.45, 2.75) is 19.8 Å². The van der Waals surface area contributed by atoms with Gasteiger partial charge in [0.2, 0.25) is 17.6 Å². The molecule has 1 amide bonds. The molecule has 8 nitrogen and oxygen atoms in total. The van der Waals surface area contributed by atoms with Crippen LogP contribution in [0.1, 0.15) is 17.9 Å². The number of rotatable bonds is 7. The van der Waals surface area contributed by atoms with Gasteiger partial charge < -0.3 is 24.4 Å². The number of aromatic hydroxyl groups is 1. The molecule has 0 unspecified atom stereocenters. The summed E-state index contributed by atoms with van der Waals surface area (Å²) < 4.78 is 15.7. The fourth-order valence-corrected chi connectivity index (χ4v) is 2.63. The van der Waals surface area contributed by atoms with Gasteiger partial charge in [-0.3, -0.25) is 4.79 Å². The molecule has 2 N–H and O–H groups in total. The third-order valence-electron chi connectivity index (χ3n) is 4.10. The van der Waals surface area contributed by atoms with Crippen molar-refractivity contribution in [3.63, 3.8) is 0 Å². The molecule has 28 heavy (non-hydrogen) atoms. The lowest BCUT2D eigenvalue weighted by Gasteiger charge is -2.07. The number of hydrogen-bond acceptors (Lipinski definition) is 7. The largest absolute Gasteiger partial charge is 0.506 e. The van der Waals surface area contributed by atoms with Gasteiger partial charge >= 0.3 is 0 Å². The third-order valence-corrected chi connectivity index (χ3v) is 4.10. The summed E-state index contributed by atoms with van der Waals surface area (Å²) in [6, 6.07) is 10.4.